The first-order valence-electron chi connectivity index (χ1n) is 7.91. The second-order valence-electron chi connectivity index (χ2n) is 5.51. The van der Waals surface area contributed by atoms with E-state index in [2.05, 4.69) is 15.5 Å². The number of H-pyrrole nitrogens is 1. The van der Waals surface area contributed by atoms with Crippen LogP contribution in [-0.2, 0) is 4.74 Å². The first kappa shape index (κ1) is 16.5. The number of anilines is 1. The Morgan fingerprint density at radius 2 is 1.72 bits per heavy atom. The molecule has 0 amide bonds. The van der Waals surface area contributed by atoms with Gasteiger partial charge in [0.25, 0.3) is 0 Å². The van der Waals surface area contributed by atoms with Crippen LogP contribution in [-0.4, -0.2) is 24.3 Å². The van der Waals surface area contributed by atoms with Crippen LogP contribution < -0.4 is 5.43 Å². The van der Waals surface area contributed by atoms with Crippen molar-refractivity contribution in [1.29, 1.82) is 0 Å². The number of nitrogens with zero attached hydrogens (tertiary/aromatic N) is 1. The fraction of sp³-hybridized carbons (Fsp3) is 0.100. The Bertz CT molecular complexity index is 884. The van der Waals surface area contributed by atoms with E-state index in [1.807, 2.05) is 67.6 Å². The summed E-state index contributed by atoms with van der Waals surface area (Å²) in [4.78, 5) is 15.5. The molecular formula is C20H19N3O2. The molecule has 0 radical (unpaired) electrons. The topological polar surface area (TPSA) is 66.5 Å². The van der Waals surface area contributed by atoms with Crippen LogP contribution >= 0.6 is 0 Å². The average molecular weight is 333 g/mol. The lowest BCUT2D eigenvalue weighted by atomic mass is 10.0. The minimum Gasteiger partial charge on any atom is -0.465 e. The molecule has 1 aromatic heterocycles. The molecule has 0 fully saturated rings. The maximum Gasteiger partial charge on any atom is 0.340 e. The summed E-state index contributed by atoms with van der Waals surface area (Å²) in [5.74, 6) is -0.372. The highest BCUT2D eigenvalue weighted by atomic mass is 16.5. The van der Waals surface area contributed by atoms with Gasteiger partial charge >= 0.3 is 5.97 Å². The number of hydrogen-bond acceptors (Lipinski definition) is 4. The Balaban J connectivity index is 2.00. The normalized spacial score (nSPS) is 10.8. The van der Waals surface area contributed by atoms with Crippen molar-refractivity contribution in [3.8, 4) is 11.1 Å². The van der Waals surface area contributed by atoms with Gasteiger partial charge in [0.2, 0.25) is 0 Å². The third kappa shape index (κ3) is 3.61. The molecule has 0 aliphatic rings. The van der Waals surface area contributed by atoms with E-state index < -0.39 is 0 Å². The quantitative estimate of drug-likeness (QED) is 0.417. The Hall–Kier alpha value is -3.34. The summed E-state index contributed by atoms with van der Waals surface area (Å²) in [6, 6.07) is 19.4. The predicted octanol–water partition coefficient (Wildman–Crippen LogP) is 4.22. The van der Waals surface area contributed by atoms with Crippen molar-refractivity contribution in [2.75, 3.05) is 12.5 Å². The number of para-hydroxylation sites is 1. The van der Waals surface area contributed by atoms with Gasteiger partial charge in [-0.2, -0.15) is 5.10 Å². The van der Waals surface area contributed by atoms with Crippen LogP contribution in [0.5, 0.6) is 0 Å². The lowest BCUT2D eigenvalue weighted by Gasteiger charge is -2.05. The van der Waals surface area contributed by atoms with Crippen LogP contribution in [0.25, 0.3) is 11.1 Å². The van der Waals surface area contributed by atoms with Crippen molar-refractivity contribution in [1.82, 2.24) is 4.98 Å². The lowest BCUT2D eigenvalue weighted by molar-refractivity contribution is 0.0601. The first-order valence-corrected chi connectivity index (χ1v) is 7.91. The molecule has 126 valence electrons. The molecule has 25 heavy (non-hydrogen) atoms. The van der Waals surface area contributed by atoms with Crippen LogP contribution in [0, 0.1) is 6.92 Å². The molecular weight excluding hydrogens is 314 g/mol. The Morgan fingerprint density at radius 3 is 2.36 bits per heavy atom. The van der Waals surface area contributed by atoms with Crippen LogP contribution in [0.3, 0.4) is 0 Å². The van der Waals surface area contributed by atoms with Crippen molar-refractivity contribution in [2.24, 2.45) is 5.10 Å². The number of benzene rings is 2. The smallest absolute Gasteiger partial charge is 0.340 e. The number of hydrogen-bond donors (Lipinski definition) is 2. The average Bonchev–Trinajstić information content (AvgIpc) is 2.99. The number of nitrogens with one attached hydrogen (secondary N) is 2. The zero-order chi connectivity index (χ0) is 17.6. The number of rotatable bonds is 5. The van der Waals surface area contributed by atoms with Gasteiger partial charge in [-0.3, -0.25) is 5.43 Å². The zero-order valence-electron chi connectivity index (χ0n) is 14.1. The number of aryl methyl sites for hydroxylation is 1. The molecule has 0 unspecified atom stereocenters. The highest BCUT2D eigenvalue weighted by Gasteiger charge is 2.22. The molecule has 2 aromatic carbocycles. The number of carbonyl (C=O) groups is 1. The van der Waals surface area contributed by atoms with Gasteiger partial charge in [0.1, 0.15) is 0 Å². The number of aromatic nitrogens is 1. The molecule has 3 aromatic rings. The van der Waals surface area contributed by atoms with Crippen molar-refractivity contribution in [3.63, 3.8) is 0 Å². The molecule has 0 aliphatic carbocycles. The van der Waals surface area contributed by atoms with Gasteiger partial charge in [-0.1, -0.05) is 48.5 Å². The number of carbonyl (C=O) groups excluding carboxylic acids is 1. The summed E-state index contributed by atoms with van der Waals surface area (Å²) < 4.78 is 4.95. The third-order valence-corrected chi connectivity index (χ3v) is 3.83. The van der Waals surface area contributed by atoms with E-state index >= 15 is 0 Å². The lowest BCUT2D eigenvalue weighted by Crippen LogP contribution is -2.04. The molecule has 5 heteroatoms. The second kappa shape index (κ2) is 7.49. The monoisotopic (exact) mass is 333 g/mol. The first-order chi connectivity index (χ1) is 12.2. The summed E-state index contributed by atoms with van der Waals surface area (Å²) in [5.41, 5.74) is 7.58. The van der Waals surface area contributed by atoms with Gasteiger partial charge in [-0.05, 0) is 24.6 Å². The van der Waals surface area contributed by atoms with Gasteiger partial charge in [-0.15, -0.1) is 0 Å². The summed E-state index contributed by atoms with van der Waals surface area (Å²) in [5, 5.41) is 4.28. The number of ether oxygens (including phenoxy) is 1. The highest BCUT2D eigenvalue weighted by Crippen LogP contribution is 2.30. The predicted molar refractivity (Wildman–Crippen MR) is 100.0 cm³/mol. The van der Waals surface area contributed by atoms with Crippen molar-refractivity contribution < 1.29 is 9.53 Å². The van der Waals surface area contributed by atoms with E-state index in [-0.39, 0.29) is 5.97 Å². The van der Waals surface area contributed by atoms with Crippen LogP contribution in [0.4, 0.5) is 5.69 Å². The molecule has 3 rings (SSSR count). The molecule has 1 heterocycles. The number of methoxy groups -OCH3 is 1. The van der Waals surface area contributed by atoms with Crippen molar-refractivity contribution in [3.05, 3.63) is 77.6 Å². The van der Waals surface area contributed by atoms with Gasteiger partial charge < -0.3 is 9.72 Å². The number of hydrazone groups is 1. The molecule has 5 nitrogen and oxygen atoms in total. The zero-order valence-corrected chi connectivity index (χ0v) is 14.1. The standard InChI is InChI=1S/C20H19N3O2/c1-14-18(20(24)25-2)19(15-9-5-3-6-10-15)17(22-14)13-21-23-16-11-7-4-8-12-16/h3-13,22-23H,1-2H3. The van der Waals surface area contributed by atoms with E-state index in [4.69, 9.17) is 4.74 Å². The fourth-order valence-electron chi connectivity index (χ4n) is 2.69. The largest absolute Gasteiger partial charge is 0.465 e. The van der Waals surface area contributed by atoms with E-state index in [0.29, 0.717) is 5.56 Å². The summed E-state index contributed by atoms with van der Waals surface area (Å²) in [6.07, 6.45) is 1.68. The molecule has 0 atom stereocenters. The summed E-state index contributed by atoms with van der Waals surface area (Å²) in [6.45, 7) is 1.85. The fourth-order valence-corrected chi connectivity index (χ4v) is 2.69. The van der Waals surface area contributed by atoms with Gasteiger partial charge in [0.15, 0.2) is 0 Å². The molecule has 0 aliphatic heterocycles. The van der Waals surface area contributed by atoms with E-state index in [0.717, 1.165) is 28.2 Å². The Kier molecular flexibility index (Phi) is 4.95. The maximum atomic E-state index is 12.2. The van der Waals surface area contributed by atoms with Crippen LogP contribution in [0.15, 0.2) is 65.8 Å². The molecule has 2 N–H and O–H groups in total. The maximum absolute atomic E-state index is 12.2. The SMILES string of the molecule is COC(=O)c1c(C)[nH]c(C=NNc2ccccc2)c1-c1ccccc1. The minimum atomic E-state index is -0.372. The van der Waals surface area contributed by atoms with Crippen LogP contribution in [0.2, 0.25) is 0 Å². The highest BCUT2D eigenvalue weighted by molar-refractivity contribution is 6.04. The Morgan fingerprint density at radius 1 is 1.08 bits per heavy atom. The van der Waals surface area contributed by atoms with Crippen LogP contribution in [0.1, 0.15) is 21.7 Å². The summed E-state index contributed by atoms with van der Waals surface area (Å²) >= 11 is 0. The van der Waals surface area contributed by atoms with Gasteiger partial charge in [-0.25, -0.2) is 4.79 Å². The van der Waals surface area contributed by atoms with Gasteiger partial charge in [0, 0.05) is 11.3 Å². The molecule has 0 bridgehead atoms. The second-order valence-corrected chi connectivity index (χ2v) is 5.51. The van der Waals surface area contributed by atoms with Gasteiger partial charge in [0.05, 0.1) is 30.3 Å². The van der Waals surface area contributed by atoms with E-state index in [1.54, 1.807) is 6.21 Å². The van der Waals surface area contributed by atoms with Crippen molar-refractivity contribution >= 4 is 17.9 Å². The summed E-state index contributed by atoms with van der Waals surface area (Å²) in [7, 11) is 1.38. The van der Waals surface area contributed by atoms with E-state index in [9.17, 15) is 4.79 Å². The minimum absolute atomic E-state index is 0.372. The van der Waals surface area contributed by atoms with Crippen molar-refractivity contribution in [2.45, 2.75) is 6.92 Å². The van der Waals surface area contributed by atoms with E-state index in [1.165, 1.54) is 7.11 Å². The molecule has 0 saturated heterocycles. The Labute approximate surface area is 146 Å². The number of aromatic amines is 1. The molecule has 0 spiro atoms. The molecule has 0 saturated carbocycles. The number of esters is 1. The third-order valence-electron chi connectivity index (χ3n) is 3.83.